The molecule has 0 atom stereocenters. The van der Waals surface area contributed by atoms with E-state index in [0.717, 1.165) is 11.3 Å². The Balaban J connectivity index is 2.16. The minimum atomic E-state index is -3.88. The lowest BCUT2D eigenvalue weighted by molar-refractivity contribution is 0.0696. The summed E-state index contributed by atoms with van der Waals surface area (Å²) in [5.74, 6) is -0.140. The highest BCUT2D eigenvalue weighted by atomic mass is 32.2. The van der Waals surface area contributed by atoms with Crippen molar-refractivity contribution >= 4 is 21.7 Å². The highest BCUT2D eigenvalue weighted by Crippen LogP contribution is 2.23. The van der Waals surface area contributed by atoms with Crippen molar-refractivity contribution in [2.24, 2.45) is 5.92 Å². The van der Waals surface area contributed by atoms with E-state index in [4.69, 9.17) is 4.74 Å². The molecule has 0 heterocycles. The molecule has 28 heavy (non-hydrogen) atoms. The van der Waals surface area contributed by atoms with E-state index in [-0.39, 0.29) is 17.0 Å². The number of carboxylic acid groups (broad SMARTS) is 1. The summed E-state index contributed by atoms with van der Waals surface area (Å²) in [6, 6.07) is 11.4. The SMILES string of the molecule is COc1ccc(CCNS(=O)(=O)c2cc(C(=O)O)ccc2NCC(C)C)cc1. The third-order valence-corrected chi connectivity index (χ3v) is 5.58. The van der Waals surface area contributed by atoms with Gasteiger partial charge < -0.3 is 15.2 Å². The molecule has 0 unspecified atom stereocenters. The van der Waals surface area contributed by atoms with E-state index in [9.17, 15) is 18.3 Å². The van der Waals surface area contributed by atoms with E-state index < -0.39 is 16.0 Å². The maximum atomic E-state index is 12.8. The third-order valence-electron chi connectivity index (χ3n) is 4.08. The summed E-state index contributed by atoms with van der Waals surface area (Å²) in [5, 5.41) is 12.3. The fraction of sp³-hybridized carbons (Fsp3) is 0.350. The molecule has 152 valence electrons. The van der Waals surface area contributed by atoms with E-state index in [0.29, 0.717) is 24.6 Å². The van der Waals surface area contributed by atoms with Gasteiger partial charge >= 0.3 is 5.97 Å². The van der Waals surface area contributed by atoms with E-state index in [1.807, 2.05) is 38.1 Å². The maximum absolute atomic E-state index is 12.8. The van der Waals surface area contributed by atoms with Crippen molar-refractivity contribution in [1.82, 2.24) is 4.72 Å². The van der Waals surface area contributed by atoms with Crippen LogP contribution in [-0.2, 0) is 16.4 Å². The summed E-state index contributed by atoms with van der Waals surface area (Å²) in [6.07, 6.45) is 0.497. The van der Waals surface area contributed by atoms with Crippen molar-refractivity contribution in [3.05, 3.63) is 53.6 Å². The summed E-state index contributed by atoms with van der Waals surface area (Å²) in [5.41, 5.74) is 1.27. The van der Waals surface area contributed by atoms with Crippen LogP contribution in [0.1, 0.15) is 29.8 Å². The molecule has 8 heteroatoms. The second kappa shape index (κ2) is 9.57. The van der Waals surface area contributed by atoms with Crippen LogP contribution in [0.3, 0.4) is 0 Å². The van der Waals surface area contributed by atoms with Gasteiger partial charge in [-0.1, -0.05) is 26.0 Å². The molecular weight excluding hydrogens is 380 g/mol. The van der Waals surface area contributed by atoms with Crippen molar-refractivity contribution in [3.63, 3.8) is 0 Å². The van der Waals surface area contributed by atoms with Gasteiger partial charge in [-0.15, -0.1) is 0 Å². The number of nitrogens with one attached hydrogen (secondary N) is 2. The highest BCUT2D eigenvalue weighted by molar-refractivity contribution is 7.89. The molecule has 0 aliphatic heterocycles. The molecule has 0 bridgehead atoms. The van der Waals surface area contributed by atoms with Gasteiger partial charge in [-0.05, 0) is 48.2 Å². The van der Waals surface area contributed by atoms with Crippen LogP contribution in [0.15, 0.2) is 47.4 Å². The Bertz CT molecular complexity index is 909. The number of rotatable bonds is 10. The van der Waals surface area contributed by atoms with Gasteiger partial charge in [0.2, 0.25) is 10.0 Å². The van der Waals surface area contributed by atoms with Crippen LogP contribution in [0.5, 0.6) is 5.75 Å². The molecular formula is C20H26N2O5S. The number of hydrogen-bond donors (Lipinski definition) is 3. The number of carbonyl (C=O) groups is 1. The summed E-state index contributed by atoms with van der Waals surface area (Å²) in [6.45, 7) is 4.76. The van der Waals surface area contributed by atoms with Gasteiger partial charge in [-0.3, -0.25) is 0 Å². The van der Waals surface area contributed by atoms with Gasteiger partial charge in [-0.2, -0.15) is 0 Å². The first-order valence-corrected chi connectivity index (χ1v) is 10.4. The molecule has 2 aromatic carbocycles. The van der Waals surface area contributed by atoms with Gasteiger partial charge in [0.05, 0.1) is 18.4 Å². The summed E-state index contributed by atoms with van der Waals surface area (Å²) in [7, 11) is -2.30. The zero-order valence-corrected chi connectivity index (χ0v) is 17.0. The lowest BCUT2D eigenvalue weighted by atomic mass is 10.1. The molecule has 2 rings (SSSR count). The Kier molecular flexibility index (Phi) is 7.42. The monoisotopic (exact) mass is 406 g/mol. The molecule has 2 aromatic rings. The number of carboxylic acids is 1. The van der Waals surface area contributed by atoms with Crippen molar-refractivity contribution in [2.75, 3.05) is 25.5 Å². The zero-order chi connectivity index (χ0) is 20.7. The predicted octanol–water partition coefficient (Wildman–Crippen LogP) is 2.98. The van der Waals surface area contributed by atoms with Gasteiger partial charge in [0, 0.05) is 13.1 Å². The Hall–Kier alpha value is -2.58. The molecule has 0 aliphatic carbocycles. The number of methoxy groups -OCH3 is 1. The first-order chi connectivity index (χ1) is 13.2. The molecule has 3 N–H and O–H groups in total. The number of ether oxygens (including phenoxy) is 1. The van der Waals surface area contributed by atoms with E-state index in [1.165, 1.54) is 18.2 Å². The Labute approximate surface area is 165 Å². The van der Waals surface area contributed by atoms with Crippen molar-refractivity contribution in [3.8, 4) is 5.75 Å². The first kappa shape index (κ1) is 21.7. The van der Waals surface area contributed by atoms with Gasteiger partial charge in [0.15, 0.2) is 0 Å². The standard InChI is InChI=1S/C20H26N2O5S/c1-14(2)13-21-18-9-6-16(20(23)24)12-19(18)28(25,26)22-11-10-15-4-7-17(27-3)8-5-15/h4-9,12,14,21-22H,10-11,13H2,1-3H3,(H,23,24). The molecule has 0 saturated carbocycles. The Morgan fingerprint density at radius 1 is 1.14 bits per heavy atom. The van der Waals surface area contributed by atoms with Crippen LogP contribution < -0.4 is 14.8 Å². The molecule has 0 saturated heterocycles. The molecule has 0 aliphatic rings. The van der Waals surface area contributed by atoms with Crippen LogP contribution in [-0.4, -0.2) is 39.7 Å². The lowest BCUT2D eigenvalue weighted by Crippen LogP contribution is -2.27. The fourth-order valence-electron chi connectivity index (χ4n) is 2.54. The van der Waals surface area contributed by atoms with Crippen molar-refractivity contribution < 1.29 is 23.1 Å². The first-order valence-electron chi connectivity index (χ1n) is 8.96. The van der Waals surface area contributed by atoms with Crippen LogP contribution in [0, 0.1) is 5.92 Å². The lowest BCUT2D eigenvalue weighted by Gasteiger charge is -2.15. The minimum absolute atomic E-state index is 0.0669. The fourth-order valence-corrected chi connectivity index (χ4v) is 3.78. The second-order valence-corrected chi connectivity index (χ2v) is 8.52. The van der Waals surface area contributed by atoms with Crippen LogP contribution >= 0.6 is 0 Å². The summed E-state index contributed by atoms with van der Waals surface area (Å²) >= 11 is 0. The molecule has 0 spiro atoms. The van der Waals surface area contributed by atoms with E-state index in [2.05, 4.69) is 10.0 Å². The molecule has 0 radical (unpaired) electrons. The zero-order valence-electron chi connectivity index (χ0n) is 16.2. The second-order valence-electron chi connectivity index (χ2n) is 6.79. The van der Waals surface area contributed by atoms with Crippen molar-refractivity contribution in [1.29, 1.82) is 0 Å². The van der Waals surface area contributed by atoms with E-state index >= 15 is 0 Å². The van der Waals surface area contributed by atoms with Gasteiger partial charge in [0.1, 0.15) is 10.6 Å². The molecule has 7 nitrogen and oxygen atoms in total. The predicted molar refractivity (Wildman–Crippen MR) is 109 cm³/mol. The maximum Gasteiger partial charge on any atom is 0.335 e. The summed E-state index contributed by atoms with van der Waals surface area (Å²) in [4.78, 5) is 11.2. The van der Waals surface area contributed by atoms with E-state index in [1.54, 1.807) is 7.11 Å². The topological polar surface area (TPSA) is 105 Å². The average Bonchev–Trinajstić information content (AvgIpc) is 2.66. The molecule has 0 fully saturated rings. The quantitative estimate of drug-likeness (QED) is 0.560. The Morgan fingerprint density at radius 2 is 1.82 bits per heavy atom. The summed E-state index contributed by atoms with van der Waals surface area (Å²) < 4.78 is 33.3. The van der Waals surface area contributed by atoms with Crippen LogP contribution in [0.4, 0.5) is 5.69 Å². The van der Waals surface area contributed by atoms with Crippen LogP contribution in [0.2, 0.25) is 0 Å². The van der Waals surface area contributed by atoms with Crippen LogP contribution in [0.25, 0.3) is 0 Å². The van der Waals surface area contributed by atoms with Gasteiger partial charge in [0.25, 0.3) is 0 Å². The highest BCUT2D eigenvalue weighted by Gasteiger charge is 2.20. The third kappa shape index (κ3) is 5.97. The smallest absolute Gasteiger partial charge is 0.335 e. The number of sulfonamides is 1. The normalized spacial score (nSPS) is 11.4. The van der Waals surface area contributed by atoms with Gasteiger partial charge in [-0.25, -0.2) is 17.9 Å². The largest absolute Gasteiger partial charge is 0.497 e. The van der Waals surface area contributed by atoms with Crippen molar-refractivity contribution in [2.45, 2.75) is 25.2 Å². The number of aromatic carboxylic acids is 1. The Morgan fingerprint density at radius 3 is 2.39 bits per heavy atom. The number of hydrogen-bond acceptors (Lipinski definition) is 5. The minimum Gasteiger partial charge on any atom is -0.497 e. The average molecular weight is 407 g/mol. The molecule has 0 amide bonds. The number of anilines is 1. The number of benzene rings is 2. The molecule has 0 aromatic heterocycles.